The molecular formula is C15H17N3S. The Morgan fingerprint density at radius 3 is 2.68 bits per heavy atom. The van der Waals surface area contributed by atoms with E-state index in [1.165, 1.54) is 16.7 Å². The molecule has 0 N–H and O–H groups in total. The van der Waals surface area contributed by atoms with Gasteiger partial charge in [-0.3, -0.25) is 0 Å². The molecule has 0 saturated heterocycles. The van der Waals surface area contributed by atoms with Crippen molar-refractivity contribution < 1.29 is 0 Å². The molecule has 0 atom stereocenters. The van der Waals surface area contributed by atoms with E-state index in [0.29, 0.717) is 5.92 Å². The number of rotatable bonds is 2. The minimum Gasteiger partial charge on any atom is -0.217 e. The summed E-state index contributed by atoms with van der Waals surface area (Å²) in [5.74, 6) is 0.454. The summed E-state index contributed by atoms with van der Waals surface area (Å²) in [5.41, 5.74) is 4.72. The maximum absolute atomic E-state index is 4.71. The maximum Gasteiger partial charge on any atom is 0.212 e. The highest BCUT2D eigenvalue weighted by Gasteiger charge is 2.12. The molecule has 0 amide bonds. The third-order valence-electron chi connectivity index (χ3n) is 3.22. The summed E-state index contributed by atoms with van der Waals surface area (Å²) in [6.07, 6.45) is 2.03. The van der Waals surface area contributed by atoms with E-state index >= 15 is 0 Å². The van der Waals surface area contributed by atoms with E-state index in [1.807, 2.05) is 10.7 Å². The highest BCUT2D eigenvalue weighted by molar-refractivity contribution is 7.16. The third kappa shape index (κ3) is 2.16. The predicted octanol–water partition coefficient (Wildman–Crippen LogP) is 4.20. The quantitative estimate of drug-likeness (QED) is 0.699. The molecule has 0 radical (unpaired) electrons. The number of fused-ring (bicyclic) bond motifs is 1. The van der Waals surface area contributed by atoms with E-state index in [9.17, 15) is 0 Å². The molecular weight excluding hydrogens is 254 g/mol. The fourth-order valence-corrected chi connectivity index (χ4v) is 2.97. The summed E-state index contributed by atoms with van der Waals surface area (Å²) >= 11 is 1.67. The van der Waals surface area contributed by atoms with Crippen LogP contribution in [0.3, 0.4) is 0 Å². The number of aryl methyl sites for hydroxylation is 2. The van der Waals surface area contributed by atoms with E-state index < -0.39 is 0 Å². The van der Waals surface area contributed by atoms with Crippen LogP contribution in [-0.4, -0.2) is 14.6 Å². The van der Waals surface area contributed by atoms with E-state index in [1.54, 1.807) is 11.3 Å². The van der Waals surface area contributed by atoms with Gasteiger partial charge in [0.15, 0.2) is 0 Å². The molecule has 4 heteroatoms. The second kappa shape index (κ2) is 4.46. The number of benzene rings is 1. The van der Waals surface area contributed by atoms with Crippen LogP contribution in [0.1, 0.15) is 35.9 Å². The van der Waals surface area contributed by atoms with Crippen molar-refractivity contribution in [2.24, 2.45) is 0 Å². The van der Waals surface area contributed by atoms with Gasteiger partial charge in [-0.1, -0.05) is 42.9 Å². The van der Waals surface area contributed by atoms with Crippen LogP contribution in [0.2, 0.25) is 0 Å². The lowest BCUT2D eigenvalue weighted by atomic mass is 10.0. The lowest BCUT2D eigenvalue weighted by Crippen LogP contribution is -1.89. The van der Waals surface area contributed by atoms with Crippen LogP contribution in [0.4, 0.5) is 0 Å². The van der Waals surface area contributed by atoms with Gasteiger partial charge in [-0.25, -0.2) is 9.50 Å². The Balaban J connectivity index is 2.11. The normalized spacial score (nSPS) is 11.6. The second-order valence-corrected chi connectivity index (χ2v) is 6.25. The monoisotopic (exact) mass is 271 g/mol. The molecule has 0 aliphatic heterocycles. The Morgan fingerprint density at radius 1 is 1.21 bits per heavy atom. The van der Waals surface area contributed by atoms with Gasteiger partial charge in [0, 0.05) is 11.5 Å². The van der Waals surface area contributed by atoms with Crippen LogP contribution in [0.15, 0.2) is 24.4 Å². The predicted molar refractivity (Wildman–Crippen MR) is 79.9 cm³/mol. The first-order valence-electron chi connectivity index (χ1n) is 6.48. The molecule has 98 valence electrons. The van der Waals surface area contributed by atoms with Gasteiger partial charge in [0.25, 0.3) is 0 Å². The van der Waals surface area contributed by atoms with Gasteiger partial charge in [0.2, 0.25) is 4.96 Å². The van der Waals surface area contributed by atoms with Crippen molar-refractivity contribution in [1.29, 1.82) is 0 Å². The number of nitrogens with zero attached hydrogens (tertiary/aromatic N) is 3. The smallest absolute Gasteiger partial charge is 0.212 e. The molecule has 0 saturated carbocycles. The fraction of sp³-hybridized carbons (Fsp3) is 0.333. The zero-order chi connectivity index (χ0) is 13.6. The Morgan fingerprint density at radius 2 is 2.00 bits per heavy atom. The van der Waals surface area contributed by atoms with Crippen molar-refractivity contribution in [2.75, 3.05) is 0 Å². The molecule has 0 bridgehead atoms. The summed E-state index contributed by atoms with van der Waals surface area (Å²) in [4.78, 5) is 5.68. The Hall–Kier alpha value is -1.68. The summed E-state index contributed by atoms with van der Waals surface area (Å²) in [6, 6.07) is 6.46. The van der Waals surface area contributed by atoms with Crippen LogP contribution in [-0.2, 0) is 0 Å². The summed E-state index contributed by atoms with van der Waals surface area (Å²) in [7, 11) is 0. The second-order valence-electron chi connectivity index (χ2n) is 5.27. The first-order valence-corrected chi connectivity index (χ1v) is 7.30. The van der Waals surface area contributed by atoms with Crippen molar-refractivity contribution >= 4 is 16.3 Å². The molecule has 3 rings (SSSR count). The highest BCUT2D eigenvalue weighted by atomic mass is 32.1. The van der Waals surface area contributed by atoms with E-state index in [-0.39, 0.29) is 0 Å². The fourth-order valence-electron chi connectivity index (χ4n) is 2.09. The summed E-state index contributed by atoms with van der Waals surface area (Å²) < 4.78 is 1.90. The lowest BCUT2D eigenvalue weighted by molar-refractivity contribution is 0.802. The first kappa shape index (κ1) is 12.4. The molecule has 0 fully saturated rings. The van der Waals surface area contributed by atoms with Crippen molar-refractivity contribution in [2.45, 2.75) is 33.6 Å². The summed E-state index contributed by atoms with van der Waals surface area (Å²) in [6.45, 7) is 8.54. The topological polar surface area (TPSA) is 30.2 Å². The highest BCUT2D eigenvalue weighted by Crippen LogP contribution is 2.27. The maximum atomic E-state index is 4.71. The van der Waals surface area contributed by atoms with Gasteiger partial charge in [0.1, 0.15) is 5.01 Å². The largest absolute Gasteiger partial charge is 0.217 e. The Labute approximate surface area is 116 Å². The SMILES string of the molecule is Cc1ccc(C)c(-c2cn3nc(C(C)C)sc3n2)c1. The van der Waals surface area contributed by atoms with Gasteiger partial charge in [-0.05, 0) is 25.5 Å². The van der Waals surface area contributed by atoms with Crippen molar-refractivity contribution in [1.82, 2.24) is 14.6 Å². The number of hydrogen-bond acceptors (Lipinski definition) is 3. The lowest BCUT2D eigenvalue weighted by Gasteiger charge is -2.03. The van der Waals surface area contributed by atoms with Crippen molar-refractivity contribution in [3.05, 3.63) is 40.5 Å². The zero-order valence-corrected chi connectivity index (χ0v) is 12.5. The van der Waals surface area contributed by atoms with E-state index in [2.05, 4.69) is 51.0 Å². The number of hydrogen-bond donors (Lipinski definition) is 0. The molecule has 2 heterocycles. The molecule has 0 unspecified atom stereocenters. The van der Waals surface area contributed by atoms with Gasteiger partial charge < -0.3 is 0 Å². The molecule has 1 aromatic carbocycles. The van der Waals surface area contributed by atoms with Crippen molar-refractivity contribution in [3.8, 4) is 11.3 Å². The van der Waals surface area contributed by atoms with Crippen LogP contribution in [0.25, 0.3) is 16.2 Å². The molecule has 0 aliphatic rings. The summed E-state index contributed by atoms with van der Waals surface area (Å²) in [5, 5.41) is 5.72. The number of aromatic nitrogens is 3. The Bertz CT molecular complexity index is 706. The molecule has 19 heavy (non-hydrogen) atoms. The average Bonchev–Trinajstić information content (AvgIpc) is 2.89. The average molecular weight is 271 g/mol. The van der Waals surface area contributed by atoms with Crippen LogP contribution < -0.4 is 0 Å². The standard InChI is InChI=1S/C15H17N3S/c1-9(2)14-17-18-8-13(16-15(18)19-14)12-7-10(3)5-6-11(12)4/h5-9H,1-4H3. The molecule has 0 spiro atoms. The zero-order valence-electron chi connectivity index (χ0n) is 11.6. The molecule has 3 aromatic rings. The van der Waals surface area contributed by atoms with Gasteiger partial charge >= 0.3 is 0 Å². The van der Waals surface area contributed by atoms with Crippen LogP contribution >= 0.6 is 11.3 Å². The minimum absolute atomic E-state index is 0.454. The third-order valence-corrected chi connectivity index (χ3v) is 4.44. The van der Waals surface area contributed by atoms with Crippen LogP contribution in [0, 0.1) is 13.8 Å². The molecule has 2 aromatic heterocycles. The van der Waals surface area contributed by atoms with Gasteiger partial charge in [-0.15, -0.1) is 0 Å². The number of imidazole rings is 1. The van der Waals surface area contributed by atoms with E-state index in [4.69, 9.17) is 4.98 Å². The van der Waals surface area contributed by atoms with Crippen molar-refractivity contribution in [3.63, 3.8) is 0 Å². The van der Waals surface area contributed by atoms with Crippen LogP contribution in [0.5, 0.6) is 0 Å². The molecule has 0 aliphatic carbocycles. The van der Waals surface area contributed by atoms with E-state index in [0.717, 1.165) is 15.7 Å². The first-order chi connectivity index (χ1) is 9.04. The van der Waals surface area contributed by atoms with Gasteiger partial charge in [0.05, 0.1) is 11.9 Å². The van der Waals surface area contributed by atoms with Gasteiger partial charge in [-0.2, -0.15) is 5.10 Å². The Kier molecular flexibility index (Phi) is 2.90. The minimum atomic E-state index is 0.454. The molecule has 3 nitrogen and oxygen atoms in total.